The Morgan fingerprint density at radius 2 is 1.67 bits per heavy atom. The minimum Gasteiger partial charge on any atom is -0.496 e. The van der Waals surface area contributed by atoms with Crippen LogP contribution in [0, 0.1) is 11.8 Å². The van der Waals surface area contributed by atoms with E-state index < -0.39 is 0 Å². The summed E-state index contributed by atoms with van der Waals surface area (Å²) in [4.78, 5) is 24.4. The van der Waals surface area contributed by atoms with Crippen molar-refractivity contribution < 1.29 is 14.3 Å². The highest BCUT2D eigenvalue weighted by molar-refractivity contribution is 5.81. The van der Waals surface area contributed by atoms with Crippen LogP contribution >= 0.6 is 0 Å². The molecule has 5 nitrogen and oxygen atoms in total. The molecule has 2 amide bonds. The van der Waals surface area contributed by atoms with E-state index in [0.29, 0.717) is 6.54 Å². The summed E-state index contributed by atoms with van der Waals surface area (Å²) >= 11 is 0. The zero-order valence-electron chi connectivity index (χ0n) is 14.8. The molecule has 0 saturated heterocycles. The number of para-hydroxylation sites is 1. The Morgan fingerprint density at radius 3 is 2.25 bits per heavy atom. The van der Waals surface area contributed by atoms with E-state index in [2.05, 4.69) is 10.6 Å². The molecule has 1 aliphatic rings. The molecule has 2 rings (SSSR count). The smallest absolute Gasteiger partial charge is 0.223 e. The van der Waals surface area contributed by atoms with Crippen LogP contribution in [0.15, 0.2) is 24.3 Å². The van der Waals surface area contributed by atoms with Crippen molar-refractivity contribution in [2.24, 2.45) is 11.8 Å². The fourth-order valence-corrected chi connectivity index (χ4v) is 3.20. The summed E-state index contributed by atoms with van der Waals surface area (Å²) in [5.74, 6) is 1.03. The second-order valence-electron chi connectivity index (χ2n) is 6.74. The van der Waals surface area contributed by atoms with Crippen LogP contribution in [0.2, 0.25) is 0 Å². The maximum Gasteiger partial charge on any atom is 0.223 e. The zero-order chi connectivity index (χ0) is 17.5. The average Bonchev–Trinajstić information content (AvgIpc) is 2.59. The van der Waals surface area contributed by atoms with Crippen molar-refractivity contribution >= 4 is 11.8 Å². The van der Waals surface area contributed by atoms with Gasteiger partial charge in [0.2, 0.25) is 11.8 Å². The molecule has 0 heterocycles. The fourth-order valence-electron chi connectivity index (χ4n) is 3.20. The number of carbonyl (C=O) groups is 2. The first kappa shape index (κ1) is 18.3. The molecule has 132 valence electrons. The van der Waals surface area contributed by atoms with Gasteiger partial charge in [0.05, 0.1) is 7.11 Å². The first-order valence-electron chi connectivity index (χ1n) is 8.71. The fraction of sp³-hybridized carbons (Fsp3) is 0.579. The number of ether oxygens (including phenoxy) is 1. The third kappa shape index (κ3) is 4.98. The molecule has 5 heteroatoms. The molecule has 1 fully saturated rings. The molecule has 0 aromatic heterocycles. The Kier molecular flexibility index (Phi) is 6.64. The second kappa shape index (κ2) is 8.71. The van der Waals surface area contributed by atoms with Crippen LogP contribution in [-0.4, -0.2) is 25.0 Å². The molecule has 0 aliphatic heterocycles. The van der Waals surface area contributed by atoms with Gasteiger partial charge in [-0.25, -0.2) is 0 Å². The van der Waals surface area contributed by atoms with Gasteiger partial charge in [0.15, 0.2) is 0 Å². The molecule has 0 spiro atoms. The van der Waals surface area contributed by atoms with Crippen molar-refractivity contribution in [3.63, 3.8) is 0 Å². The van der Waals surface area contributed by atoms with Gasteiger partial charge in [-0.15, -0.1) is 0 Å². The largest absolute Gasteiger partial charge is 0.496 e. The highest BCUT2D eigenvalue weighted by Crippen LogP contribution is 2.29. The Morgan fingerprint density at radius 1 is 1.08 bits per heavy atom. The van der Waals surface area contributed by atoms with Gasteiger partial charge in [-0.3, -0.25) is 9.59 Å². The van der Waals surface area contributed by atoms with Gasteiger partial charge in [0, 0.05) is 30.0 Å². The number of methoxy groups -OCH3 is 1. The molecule has 1 aliphatic carbocycles. The van der Waals surface area contributed by atoms with Gasteiger partial charge < -0.3 is 15.4 Å². The quantitative estimate of drug-likeness (QED) is 0.841. The Labute approximate surface area is 144 Å². The molecule has 2 N–H and O–H groups in total. The summed E-state index contributed by atoms with van der Waals surface area (Å²) in [6.45, 7) is 4.40. The second-order valence-corrected chi connectivity index (χ2v) is 6.74. The number of benzene rings is 1. The van der Waals surface area contributed by atoms with Crippen LogP contribution in [0.3, 0.4) is 0 Å². The third-order valence-electron chi connectivity index (χ3n) is 4.55. The van der Waals surface area contributed by atoms with Crippen LogP contribution in [0.1, 0.15) is 45.1 Å². The summed E-state index contributed by atoms with van der Waals surface area (Å²) < 4.78 is 5.30. The Hall–Kier alpha value is -2.04. The maximum absolute atomic E-state index is 12.4. The predicted molar refractivity (Wildman–Crippen MR) is 93.6 cm³/mol. The number of hydrogen-bond acceptors (Lipinski definition) is 3. The van der Waals surface area contributed by atoms with Crippen molar-refractivity contribution in [1.82, 2.24) is 10.6 Å². The van der Waals surface area contributed by atoms with Crippen molar-refractivity contribution in [1.29, 1.82) is 0 Å². The normalized spacial score (nSPS) is 20.5. The summed E-state index contributed by atoms with van der Waals surface area (Å²) in [6.07, 6.45) is 3.11. The van der Waals surface area contributed by atoms with Gasteiger partial charge >= 0.3 is 0 Å². The van der Waals surface area contributed by atoms with Gasteiger partial charge in [0.1, 0.15) is 5.75 Å². The first-order chi connectivity index (χ1) is 11.5. The lowest BCUT2D eigenvalue weighted by Crippen LogP contribution is -2.39. The zero-order valence-corrected chi connectivity index (χ0v) is 14.8. The van der Waals surface area contributed by atoms with Crippen molar-refractivity contribution in [3.05, 3.63) is 29.8 Å². The highest BCUT2D eigenvalue weighted by Gasteiger charge is 2.30. The maximum atomic E-state index is 12.4. The van der Waals surface area contributed by atoms with E-state index in [-0.39, 0.29) is 29.7 Å². The van der Waals surface area contributed by atoms with Crippen molar-refractivity contribution in [3.8, 4) is 5.75 Å². The summed E-state index contributed by atoms with van der Waals surface area (Å²) in [7, 11) is 1.63. The number of rotatable bonds is 6. The molecule has 1 aromatic rings. The molecule has 24 heavy (non-hydrogen) atoms. The number of amides is 2. The SMILES string of the molecule is COc1ccccc1CNC(=O)C1CCC(C(=O)NC(C)C)CC1. The summed E-state index contributed by atoms with van der Waals surface area (Å²) in [5.41, 5.74) is 0.971. The average molecular weight is 332 g/mol. The van der Waals surface area contributed by atoms with Crippen LogP contribution in [0.25, 0.3) is 0 Å². The number of hydrogen-bond donors (Lipinski definition) is 2. The monoisotopic (exact) mass is 332 g/mol. The highest BCUT2D eigenvalue weighted by atomic mass is 16.5. The van der Waals surface area contributed by atoms with Gasteiger partial charge in [-0.1, -0.05) is 18.2 Å². The molecule has 0 unspecified atom stereocenters. The van der Waals surface area contributed by atoms with Crippen LogP contribution in [0.4, 0.5) is 0 Å². The molecule has 0 bridgehead atoms. The molecule has 1 saturated carbocycles. The van der Waals surface area contributed by atoms with Crippen LogP contribution < -0.4 is 15.4 Å². The molecule has 0 atom stereocenters. The Bertz CT molecular complexity index is 563. The van der Waals surface area contributed by atoms with E-state index >= 15 is 0 Å². The molecule has 1 aromatic carbocycles. The lowest BCUT2D eigenvalue weighted by atomic mass is 9.81. The lowest BCUT2D eigenvalue weighted by Gasteiger charge is -2.27. The van der Waals surface area contributed by atoms with E-state index in [4.69, 9.17) is 4.74 Å². The molecular formula is C19H28N2O3. The van der Waals surface area contributed by atoms with Crippen molar-refractivity contribution in [2.45, 2.75) is 52.1 Å². The van der Waals surface area contributed by atoms with Gasteiger partial charge in [-0.05, 0) is 45.6 Å². The van der Waals surface area contributed by atoms with Crippen LogP contribution in [-0.2, 0) is 16.1 Å². The van der Waals surface area contributed by atoms with E-state index in [1.54, 1.807) is 7.11 Å². The topological polar surface area (TPSA) is 67.4 Å². The third-order valence-corrected chi connectivity index (χ3v) is 4.55. The van der Waals surface area contributed by atoms with Crippen molar-refractivity contribution in [2.75, 3.05) is 7.11 Å². The number of nitrogens with one attached hydrogen (secondary N) is 2. The standard InChI is InChI=1S/C19H28N2O3/c1-13(2)21-19(23)15-10-8-14(9-11-15)18(22)20-12-16-6-4-5-7-17(16)24-3/h4-7,13-15H,8-12H2,1-3H3,(H,20,22)(H,21,23). The Balaban J connectivity index is 1.79. The summed E-state index contributed by atoms with van der Waals surface area (Å²) in [5, 5.41) is 5.96. The van der Waals surface area contributed by atoms with E-state index in [0.717, 1.165) is 37.0 Å². The van der Waals surface area contributed by atoms with Gasteiger partial charge in [-0.2, -0.15) is 0 Å². The number of carbonyl (C=O) groups excluding carboxylic acids is 2. The van der Waals surface area contributed by atoms with E-state index in [1.807, 2.05) is 38.1 Å². The lowest BCUT2D eigenvalue weighted by molar-refractivity contribution is -0.130. The molecular weight excluding hydrogens is 304 g/mol. The van der Waals surface area contributed by atoms with E-state index in [9.17, 15) is 9.59 Å². The summed E-state index contributed by atoms with van der Waals surface area (Å²) in [6, 6.07) is 7.85. The first-order valence-corrected chi connectivity index (χ1v) is 8.71. The molecule has 0 radical (unpaired) electrons. The predicted octanol–water partition coefficient (Wildman–Crippen LogP) is 2.64. The minimum atomic E-state index is 0.00260. The van der Waals surface area contributed by atoms with E-state index in [1.165, 1.54) is 0 Å². The van der Waals surface area contributed by atoms with Crippen LogP contribution in [0.5, 0.6) is 5.75 Å². The van der Waals surface area contributed by atoms with Gasteiger partial charge in [0.25, 0.3) is 0 Å². The minimum absolute atomic E-state index is 0.00260.